The fourth-order valence-electron chi connectivity index (χ4n) is 2.06. The Kier molecular flexibility index (Phi) is 4.03. The van der Waals surface area contributed by atoms with Crippen molar-refractivity contribution in [1.29, 1.82) is 0 Å². The van der Waals surface area contributed by atoms with Crippen LogP contribution < -0.4 is 5.56 Å². The lowest BCUT2D eigenvalue weighted by atomic mass is 10.1. The minimum Gasteiger partial charge on any atom is -0.337 e. The van der Waals surface area contributed by atoms with Gasteiger partial charge in [-0.3, -0.25) is 9.59 Å². The van der Waals surface area contributed by atoms with Crippen LogP contribution >= 0.6 is 0 Å². The molecular formula is C16H18N2O2. The summed E-state index contributed by atoms with van der Waals surface area (Å²) in [7, 11) is 3.40. The lowest BCUT2D eigenvalue weighted by molar-refractivity contribution is 0.0784. The first-order valence-corrected chi connectivity index (χ1v) is 6.45. The first-order valence-electron chi connectivity index (χ1n) is 6.45. The summed E-state index contributed by atoms with van der Waals surface area (Å²) in [6.07, 6.45) is 1.57. The summed E-state index contributed by atoms with van der Waals surface area (Å²) in [5.74, 6) is -0.0937. The Morgan fingerprint density at radius 2 is 1.90 bits per heavy atom. The molecule has 20 heavy (non-hydrogen) atoms. The van der Waals surface area contributed by atoms with Crippen molar-refractivity contribution in [2.75, 3.05) is 7.05 Å². The lowest BCUT2D eigenvalue weighted by Crippen LogP contribution is -2.28. The SMILES string of the molecule is Cc1ccccc1CN(C)C(=O)c1ccc(=O)n(C)c1. The number of benzene rings is 1. The van der Waals surface area contributed by atoms with Crippen LogP contribution in [0.25, 0.3) is 0 Å². The molecule has 1 aromatic heterocycles. The predicted octanol–water partition coefficient (Wildman–Crippen LogP) is 1.97. The summed E-state index contributed by atoms with van der Waals surface area (Å²) in [6.45, 7) is 2.58. The van der Waals surface area contributed by atoms with Crippen molar-refractivity contribution in [3.05, 3.63) is 69.6 Å². The highest BCUT2D eigenvalue weighted by atomic mass is 16.2. The first kappa shape index (κ1) is 14.1. The number of hydrogen-bond donors (Lipinski definition) is 0. The zero-order chi connectivity index (χ0) is 14.7. The van der Waals surface area contributed by atoms with Crippen LogP contribution in [0.2, 0.25) is 0 Å². The van der Waals surface area contributed by atoms with Crippen LogP contribution in [-0.2, 0) is 13.6 Å². The van der Waals surface area contributed by atoms with E-state index < -0.39 is 0 Å². The molecule has 2 rings (SSSR count). The van der Waals surface area contributed by atoms with Crippen molar-refractivity contribution >= 4 is 5.91 Å². The molecule has 0 atom stereocenters. The molecule has 0 spiro atoms. The van der Waals surface area contributed by atoms with Gasteiger partial charge in [0.25, 0.3) is 5.91 Å². The summed E-state index contributed by atoms with van der Waals surface area (Å²) in [5, 5.41) is 0. The standard InChI is InChI=1S/C16H18N2O2/c1-12-6-4-5-7-13(12)10-18(3)16(20)14-8-9-15(19)17(2)11-14/h4-9,11H,10H2,1-3H3. The monoisotopic (exact) mass is 270 g/mol. The second-order valence-corrected chi connectivity index (χ2v) is 4.95. The smallest absolute Gasteiger partial charge is 0.255 e. The molecule has 1 aromatic carbocycles. The molecule has 0 aliphatic rings. The molecular weight excluding hydrogens is 252 g/mol. The zero-order valence-corrected chi connectivity index (χ0v) is 12.0. The second kappa shape index (κ2) is 5.74. The molecule has 0 aliphatic heterocycles. The van der Waals surface area contributed by atoms with Crippen LogP contribution in [0.5, 0.6) is 0 Å². The number of rotatable bonds is 3. The van der Waals surface area contributed by atoms with E-state index in [1.165, 1.54) is 10.6 Å². The van der Waals surface area contributed by atoms with E-state index in [0.717, 1.165) is 11.1 Å². The predicted molar refractivity (Wildman–Crippen MR) is 78.7 cm³/mol. The average Bonchev–Trinajstić information content (AvgIpc) is 2.43. The fourth-order valence-corrected chi connectivity index (χ4v) is 2.06. The van der Waals surface area contributed by atoms with Gasteiger partial charge in [0.05, 0.1) is 5.56 Å². The quantitative estimate of drug-likeness (QED) is 0.855. The van der Waals surface area contributed by atoms with Gasteiger partial charge < -0.3 is 9.47 Å². The van der Waals surface area contributed by atoms with E-state index in [9.17, 15) is 9.59 Å². The molecule has 2 aromatic rings. The Labute approximate surface area is 118 Å². The number of aryl methyl sites for hydroxylation is 2. The highest BCUT2D eigenvalue weighted by molar-refractivity contribution is 5.93. The molecule has 0 N–H and O–H groups in total. The van der Waals surface area contributed by atoms with E-state index in [2.05, 4.69) is 0 Å². The molecule has 4 heteroatoms. The van der Waals surface area contributed by atoms with Gasteiger partial charge in [-0.2, -0.15) is 0 Å². The Morgan fingerprint density at radius 3 is 2.55 bits per heavy atom. The molecule has 1 amide bonds. The minimum atomic E-state index is -0.122. The maximum Gasteiger partial charge on any atom is 0.255 e. The topological polar surface area (TPSA) is 42.3 Å². The number of amides is 1. The van der Waals surface area contributed by atoms with Crippen molar-refractivity contribution in [3.63, 3.8) is 0 Å². The third-order valence-corrected chi connectivity index (χ3v) is 3.35. The highest BCUT2D eigenvalue weighted by Crippen LogP contribution is 2.11. The third kappa shape index (κ3) is 2.96. The molecule has 4 nitrogen and oxygen atoms in total. The molecule has 0 fully saturated rings. The third-order valence-electron chi connectivity index (χ3n) is 3.35. The Bertz CT molecular complexity index is 689. The largest absolute Gasteiger partial charge is 0.337 e. The molecule has 0 saturated carbocycles. The van der Waals surface area contributed by atoms with Crippen molar-refractivity contribution in [2.45, 2.75) is 13.5 Å². The van der Waals surface area contributed by atoms with Crippen molar-refractivity contribution in [1.82, 2.24) is 9.47 Å². The summed E-state index contributed by atoms with van der Waals surface area (Å²) in [5.41, 5.74) is 2.67. The molecule has 0 unspecified atom stereocenters. The van der Waals surface area contributed by atoms with E-state index in [0.29, 0.717) is 12.1 Å². The molecule has 1 heterocycles. The van der Waals surface area contributed by atoms with Crippen molar-refractivity contribution in [2.24, 2.45) is 7.05 Å². The van der Waals surface area contributed by atoms with Gasteiger partial charge in [-0.15, -0.1) is 0 Å². The average molecular weight is 270 g/mol. The van der Waals surface area contributed by atoms with Gasteiger partial charge in [-0.25, -0.2) is 0 Å². The lowest BCUT2D eigenvalue weighted by Gasteiger charge is -2.18. The maximum atomic E-state index is 12.3. The van der Waals surface area contributed by atoms with E-state index in [1.54, 1.807) is 31.3 Å². The van der Waals surface area contributed by atoms with Gasteiger partial charge in [-0.05, 0) is 24.1 Å². The van der Waals surface area contributed by atoms with Gasteiger partial charge >= 0.3 is 0 Å². The number of hydrogen-bond acceptors (Lipinski definition) is 2. The van der Waals surface area contributed by atoms with Crippen LogP contribution in [0, 0.1) is 6.92 Å². The Hall–Kier alpha value is -2.36. The van der Waals surface area contributed by atoms with Gasteiger partial charge in [0.15, 0.2) is 0 Å². The van der Waals surface area contributed by atoms with E-state index in [-0.39, 0.29) is 11.5 Å². The van der Waals surface area contributed by atoms with Gasteiger partial charge in [-0.1, -0.05) is 24.3 Å². The molecule has 0 bridgehead atoms. The van der Waals surface area contributed by atoms with Crippen molar-refractivity contribution < 1.29 is 4.79 Å². The van der Waals surface area contributed by atoms with Gasteiger partial charge in [0, 0.05) is 32.9 Å². The first-order chi connectivity index (χ1) is 9.49. The second-order valence-electron chi connectivity index (χ2n) is 4.95. The summed E-state index contributed by atoms with van der Waals surface area (Å²) in [6, 6.07) is 11.0. The van der Waals surface area contributed by atoms with Crippen LogP contribution in [0.3, 0.4) is 0 Å². The van der Waals surface area contributed by atoms with E-state index in [4.69, 9.17) is 0 Å². The summed E-state index contributed by atoms with van der Waals surface area (Å²) >= 11 is 0. The zero-order valence-electron chi connectivity index (χ0n) is 12.0. The van der Waals surface area contributed by atoms with Crippen LogP contribution in [0.1, 0.15) is 21.5 Å². The number of carbonyl (C=O) groups is 1. The molecule has 104 valence electrons. The fraction of sp³-hybridized carbons (Fsp3) is 0.250. The Balaban J connectivity index is 2.18. The van der Waals surface area contributed by atoms with Crippen LogP contribution in [0.15, 0.2) is 47.4 Å². The number of nitrogens with zero attached hydrogens (tertiary/aromatic N) is 2. The Morgan fingerprint density at radius 1 is 1.20 bits per heavy atom. The van der Waals surface area contributed by atoms with E-state index >= 15 is 0 Å². The van der Waals surface area contributed by atoms with Crippen molar-refractivity contribution in [3.8, 4) is 0 Å². The summed E-state index contributed by atoms with van der Waals surface area (Å²) < 4.78 is 1.41. The normalized spacial score (nSPS) is 10.3. The number of carbonyl (C=O) groups excluding carboxylic acids is 1. The maximum absolute atomic E-state index is 12.3. The van der Waals surface area contributed by atoms with Gasteiger partial charge in [0.1, 0.15) is 0 Å². The number of pyridine rings is 1. The van der Waals surface area contributed by atoms with Crippen LogP contribution in [0.4, 0.5) is 0 Å². The number of aromatic nitrogens is 1. The molecule has 0 radical (unpaired) electrons. The minimum absolute atomic E-state index is 0.0937. The van der Waals surface area contributed by atoms with Gasteiger partial charge in [0.2, 0.25) is 5.56 Å². The van der Waals surface area contributed by atoms with E-state index in [1.807, 2.05) is 31.2 Å². The van der Waals surface area contributed by atoms with Crippen LogP contribution in [-0.4, -0.2) is 22.4 Å². The highest BCUT2D eigenvalue weighted by Gasteiger charge is 2.13. The summed E-state index contributed by atoms with van der Waals surface area (Å²) in [4.78, 5) is 25.3. The molecule has 0 saturated heterocycles. The molecule has 0 aliphatic carbocycles.